The fourth-order valence-corrected chi connectivity index (χ4v) is 3.29. The van der Waals surface area contributed by atoms with E-state index in [4.69, 9.17) is 5.11 Å². The van der Waals surface area contributed by atoms with E-state index in [1.54, 1.807) is 0 Å². The van der Waals surface area contributed by atoms with Crippen molar-refractivity contribution in [1.29, 1.82) is 0 Å². The lowest BCUT2D eigenvalue weighted by molar-refractivity contribution is -0.123. The molecule has 0 aliphatic heterocycles. The first kappa shape index (κ1) is 17.7. The zero-order valence-corrected chi connectivity index (χ0v) is 14.8. The van der Waals surface area contributed by atoms with Gasteiger partial charge in [-0.15, -0.1) is 11.3 Å². The first-order valence-electron chi connectivity index (χ1n) is 7.72. The number of thiophene rings is 1. The smallest absolute Gasteiger partial charge is 0.262 e. The third kappa shape index (κ3) is 4.42. The summed E-state index contributed by atoms with van der Waals surface area (Å²) in [5.41, 5.74) is 0.367. The van der Waals surface area contributed by atoms with Gasteiger partial charge in [0.1, 0.15) is 0 Å². The highest BCUT2D eigenvalue weighted by molar-refractivity contribution is 7.18. The Morgan fingerprint density at radius 3 is 2.61 bits per heavy atom. The molecule has 2 amide bonds. The van der Waals surface area contributed by atoms with Gasteiger partial charge in [0.05, 0.1) is 9.88 Å². The summed E-state index contributed by atoms with van der Waals surface area (Å²) in [6.45, 7) is 7.50. The summed E-state index contributed by atoms with van der Waals surface area (Å²) in [7, 11) is 0. The fraction of sp³-hybridized carbons (Fsp3) is 0.529. The summed E-state index contributed by atoms with van der Waals surface area (Å²) in [5, 5.41) is 15.6. The molecule has 1 aromatic heterocycles. The number of aliphatic hydroxyl groups excluding tert-OH is 1. The maximum atomic E-state index is 12.4. The van der Waals surface area contributed by atoms with Crippen LogP contribution in [0.25, 0.3) is 0 Å². The quantitative estimate of drug-likeness (QED) is 0.740. The van der Waals surface area contributed by atoms with Crippen LogP contribution in [0.2, 0.25) is 0 Å². The first-order chi connectivity index (χ1) is 10.7. The Morgan fingerprint density at radius 2 is 2.04 bits per heavy atom. The first-order valence-corrected chi connectivity index (χ1v) is 8.54. The summed E-state index contributed by atoms with van der Waals surface area (Å²) in [6.07, 6.45) is 4.57. The van der Waals surface area contributed by atoms with Crippen LogP contribution < -0.4 is 10.6 Å². The van der Waals surface area contributed by atoms with Gasteiger partial charge in [-0.1, -0.05) is 32.9 Å². The largest absolute Gasteiger partial charge is 0.396 e. The van der Waals surface area contributed by atoms with Crippen LogP contribution in [0.15, 0.2) is 18.2 Å². The predicted octanol–water partition coefficient (Wildman–Crippen LogP) is 2.71. The van der Waals surface area contributed by atoms with Gasteiger partial charge in [-0.3, -0.25) is 9.59 Å². The number of aryl methyl sites for hydroxylation is 1. The van der Waals surface area contributed by atoms with Crippen LogP contribution in [0.1, 0.15) is 42.4 Å². The average molecular weight is 336 g/mol. The molecule has 1 aromatic rings. The molecule has 2 rings (SSSR count). The maximum absolute atomic E-state index is 12.4. The molecule has 0 saturated carbocycles. The molecule has 0 spiro atoms. The molecule has 5 nitrogen and oxygen atoms in total. The molecule has 0 saturated heterocycles. The van der Waals surface area contributed by atoms with E-state index < -0.39 is 5.41 Å². The van der Waals surface area contributed by atoms with E-state index in [-0.39, 0.29) is 30.4 Å². The van der Waals surface area contributed by atoms with E-state index in [1.807, 2.05) is 45.9 Å². The van der Waals surface area contributed by atoms with Gasteiger partial charge >= 0.3 is 0 Å². The molecule has 1 heterocycles. The second-order valence-corrected chi connectivity index (χ2v) is 8.02. The lowest BCUT2D eigenvalue weighted by atomic mass is 9.96. The molecule has 23 heavy (non-hydrogen) atoms. The van der Waals surface area contributed by atoms with Gasteiger partial charge in [0.15, 0.2) is 0 Å². The normalized spacial score (nSPS) is 20.6. The minimum Gasteiger partial charge on any atom is -0.396 e. The number of nitrogens with one attached hydrogen (secondary N) is 2. The van der Waals surface area contributed by atoms with E-state index in [1.165, 1.54) is 11.3 Å². The second-order valence-electron chi connectivity index (χ2n) is 6.97. The molecule has 126 valence electrons. The Bertz CT molecular complexity index is 628. The zero-order valence-electron chi connectivity index (χ0n) is 14.0. The van der Waals surface area contributed by atoms with Crippen molar-refractivity contribution in [3.8, 4) is 0 Å². The summed E-state index contributed by atoms with van der Waals surface area (Å²) in [6, 6.07) is 1.78. The molecular weight excluding hydrogens is 312 g/mol. The second kappa shape index (κ2) is 6.84. The van der Waals surface area contributed by atoms with Crippen LogP contribution in [-0.2, 0) is 4.79 Å². The lowest BCUT2D eigenvalue weighted by Gasteiger charge is -2.16. The number of aliphatic hydroxyl groups is 1. The minimum absolute atomic E-state index is 0.0474. The van der Waals surface area contributed by atoms with E-state index in [2.05, 4.69) is 10.6 Å². The Labute approximate surface area is 140 Å². The van der Waals surface area contributed by atoms with Crippen molar-refractivity contribution >= 4 is 28.2 Å². The number of rotatable bonds is 4. The molecule has 0 aromatic carbocycles. The van der Waals surface area contributed by atoms with E-state index in [0.717, 1.165) is 12.0 Å². The Balaban J connectivity index is 2.02. The molecular formula is C17H24N2O3S. The molecule has 0 bridgehead atoms. The standard InChI is InChI=1S/C17H24N2O3S/c1-10-7-13(19-16(22)17(2,3)4)23-14(10)15(21)18-12-6-5-11(8-12)9-20/h5-7,11-12,20H,8-9H2,1-4H3,(H,18,21)(H,19,22)/t11-,12+/m0/s1. The van der Waals surface area contributed by atoms with Crippen molar-refractivity contribution in [3.05, 3.63) is 28.7 Å². The van der Waals surface area contributed by atoms with Crippen LogP contribution in [0.3, 0.4) is 0 Å². The summed E-state index contributed by atoms with van der Waals surface area (Å²) in [4.78, 5) is 25.0. The zero-order chi connectivity index (χ0) is 17.2. The molecule has 0 unspecified atom stereocenters. The average Bonchev–Trinajstić information content (AvgIpc) is 3.04. The van der Waals surface area contributed by atoms with Crippen LogP contribution in [0, 0.1) is 18.3 Å². The summed E-state index contributed by atoms with van der Waals surface area (Å²) < 4.78 is 0. The van der Waals surface area contributed by atoms with E-state index >= 15 is 0 Å². The lowest BCUT2D eigenvalue weighted by Crippen LogP contribution is -2.32. The SMILES string of the molecule is Cc1cc(NC(=O)C(C)(C)C)sc1C(=O)N[C@@H]1C=C[C@H](CO)C1. The fourth-order valence-electron chi connectivity index (χ4n) is 2.32. The highest BCUT2D eigenvalue weighted by Crippen LogP contribution is 2.29. The topological polar surface area (TPSA) is 78.4 Å². The molecule has 1 aliphatic rings. The van der Waals surface area contributed by atoms with Crippen molar-refractivity contribution in [2.45, 2.75) is 40.2 Å². The van der Waals surface area contributed by atoms with Gasteiger partial charge in [0.2, 0.25) is 5.91 Å². The van der Waals surface area contributed by atoms with Gasteiger partial charge in [-0.05, 0) is 25.0 Å². The van der Waals surface area contributed by atoms with Gasteiger partial charge in [0.25, 0.3) is 5.91 Å². The predicted molar refractivity (Wildman–Crippen MR) is 92.7 cm³/mol. The van der Waals surface area contributed by atoms with Gasteiger partial charge in [0, 0.05) is 24.0 Å². The highest BCUT2D eigenvalue weighted by Gasteiger charge is 2.24. The van der Waals surface area contributed by atoms with Gasteiger partial charge in [-0.2, -0.15) is 0 Å². The number of hydrogen-bond donors (Lipinski definition) is 3. The molecule has 1 aliphatic carbocycles. The summed E-state index contributed by atoms with van der Waals surface area (Å²) in [5.74, 6) is -0.0985. The number of amides is 2. The van der Waals surface area contributed by atoms with Crippen molar-refractivity contribution < 1.29 is 14.7 Å². The number of carbonyl (C=O) groups is 2. The van der Waals surface area contributed by atoms with Crippen molar-refractivity contribution in [2.75, 3.05) is 11.9 Å². The van der Waals surface area contributed by atoms with Crippen molar-refractivity contribution in [2.24, 2.45) is 11.3 Å². The minimum atomic E-state index is -0.478. The van der Waals surface area contributed by atoms with E-state index in [0.29, 0.717) is 9.88 Å². The molecule has 0 fully saturated rings. The van der Waals surface area contributed by atoms with Gasteiger partial charge < -0.3 is 15.7 Å². The van der Waals surface area contributed by atoms with E-state index in [9.17, 15) is 9.59 Å². The molecule has 0 radical (unpaired) electrons. The van der Waals surface area contributed by atoms with Crippen LogP contribution >= 0.6 is 11.3 Å². The number of hydrogen-bond acceptors (Lipinski definition) is 4. The third-order valence-corrected chi connectivity index (χ3v) is 4.92. The maximum Gasteiger partial charge on any atom is 0.262 e. The Morgan fingerprint density at radius 1 is 1.35 bits per heavy atom. The molecule has 3 N–H and O–H groups in total. The highest BCUT2D eigenvalue weighted by atomic mass is 32.1. The Hall–Kier alpha value is -1.66. The van der Waals surface area contributed by atoms with Crippen LogP contribution in [-0.4, -0.2) is 29.6 Å². The van der Waals surface area contributed by atoms with Crippen molar-refractivity contribution in [1.82, 2.24) is 5.32 Å². The number of anilines is 1. The Kier molecular flexibility index (Phi) is 5.26. The van der Waals surface area contributed by atoms with Crippen LogP contribution in [0.5, 0.6) is 0 Å². The molecule has 6 heteroatoms. The summed E-state index contributed by atoms with van der Waals surface area (Å²) >= 11 is 1.28. The van der Waals surface area contributed by atoms with Crippen molar-refractivity contribution in [3.63, 3.8) is 0 Å². The monoisotopic (exact) mass is 336 g/mol. The molecule has 2 atom stereocenters. The van der Waals surface area contributed by atoms with Crippen LogP contribution in [0.4, 0.5) is 5.00 Å². The number of carbonyl (C=O) groups excluding carboxylic acids is 2. The third-order valence-electron chi connectivity index (χ3n) is 3.77. The van der Waals surface area contributed by atoms with Gasteiger partial charge in [-0.25, -0.2) is 0 Å².